The Labute approximate surface area is 86.7 Å². The van der Waals surface area contributed by atoms with Crippen molar-refractivity contribution in [1.82, 2.24) is 0 Å². The first-order chi connectivity index (χ1) is 6.91. The van der Waals surface area contributed by atoms with Crippen molar-refractivity contribution in [3.05, 3.63) is 22.2 Å². The molecule has 0 atom stereocenters. The lowest BCUT2D eigenvalue weighted by Gasteiger charge is -2.07. The normalized spacial score (nSPS) is 10.4. The quantitative estimate of drug-likeness (QED) is 0.615. The second kappa shape index (κ2) is 3.98. The zero-order valence-electron chi connectivity index (χ0n) is 7.02. The van der Waals surface area contributed by atoms with Crippen molar-refractivity contribution in [2.24, 2.45) is 0 Å². The van der Waals surface area contributed by atoms with Crippen molar-refractivity contribution >= 4 is 17.4 Å². The Kier molecular flexibility index (Phi) is 3.09. The number of aromatic hydroxyl groups is 2. The highest BCUT2D eigenvalue weighted by Crippen LogP contribution is 2.39. The smallest absolute Gasteiger partial charge is 0.202 e. The van der Waals surface area contributed by atoms with E-state index in [0.717, 1.165) is 0 Å². The summed E-state index contributed by atoms with van der Waals surface area (Å²) in [7, 11) is 0. The highest BCUT2D eigenvalue weighted by Gasteiger charge is 2.27. The molecule has 0 radical (unpaired) electrons. The van der Waals surface area contributed by atoms with Crippen LogP contribution in [0.15, 0.2) is 0 Å². The molecular formula is C8H4ClF3O3. The highest BCUT2D eigenvalue weighted by atomic mass is 35.5. The summed E-state index contributed by atoms with van der Waals surface area (Å²) < 4.78 is 37.8. The molecule has 3 nitrogen and oxygen atoms in total. The number of rotatable bonds is 2. The van der Waals surface area contributed by atoms with Gasteiger partial charge in [-0.05, 0) is 0 Å². The minimum atomic E-state index is -1.84. The van der Waals surface area contributed by atoms with Gasteiger partial charge in [0.05, 0.1) is 0 Å². The lowest BCUT2D eigenvalue weighted by Crippen LogP contribution is -2.07. The Balaban J connectivity index is 3.60. The van der Waals surface area contributed by atoms with Gasteiger partial charge in [-0.1, -0.05) is 11.6 Å². The molecule has 0 saturated heterocycles. The predicted octanol–water partition coefficient (Wildman–Crippen LogP) is 2.18. The number of hydrogen-bond acceptors (Lipinski definition) is 3. The van der Waals surface area contributed by atoms with Gasteiger partial charge in [0, 0.05) is 0 Å². The molecule has 1 aromatic carbocycles. The summed E-state index contributed by atoms with van der Waals surface area (Å²) >= 11 is 5.18. The van der Waals surface area contributed by atoms with Gasteiger partial charge in [0.1, 0.15) is 10.6 Å². The Morgan fingerprint density at radius 1 is 1.20 bits per heavy atom. The van der Waals surface area contributed by atoms with Crippen LogP contribution in [-0.4, -0.2) is 22.7 Å². The van der Waals surface area contributed by atoms with Crippen molar-refractivity contribution in [2.75, 3.05) is 6.67 Å². The number of carbonyl (C=O) groups is 1. The maximum atomic E-state index is 13.0. The van der Waals surface area contributed by atoms with Crippen LogP contribution >= 0.6 is 11.6 Å². The van der Waals surface area contributed by atoms with E-state index >= 15 is 0 Å². The van der Waals surface area contributed by atoms with E-state index in [1.807, 2.05) is 0 Å². The van der Waals surface area contributed by atoms with E-state index < -0.39 is 46.2 Å². The summed E-state index contributed by atoms with van der Waals surface area (Å²) in [6.07, 6.45) is 0. The van der Waals surface area contributed by atoms with Gasteiger partial charge >= 0.3 is 0 Å². The molecule has 0 spiro atoms. The second-order valence-corrected chi connectivity index (χ2v) is 2.95. The number of phenols is 2. The van der Waals surface area contributed by atoms with Crippen LogP contribution < -0.4 is 0 Å². The maximum Gasteiger partial charge on any atom is 0.202 e. The average molecular weight is 241 g/mol. The summed E-state index contributed by atoms with van der Waals surface area (Å²) in [4.78, 5) is 10.8. The monoisotopic (exact) mass is 240 g/mol. The standard InChI is InChI=1S/C8H4ClF3O3/c9-4-7(14)3(2(13)1-10)5(11)6(12)8(4)15/h14-15H,1H2. The van der Waals surface area contributed by atoms with Gasteiger partial charge in [0.2, 0.25) is 11.6 Å². The van der Waals surface area contributed by atoms with Crippen LogP contribution in [0.25, 0.3) is 0 Å². The minimum absolute atomic E-state index is 0.939. The van der Waals surface area contributed by atoms with E-state index in [1.165, 1.54) is 0 Å². The minimum Gasteiger partial charge on any atom is -0.505 e. The number of carbonyl (C=O) groups excluding carboxylic acids is 1. The first-order valence-electron chi connectivity index (χ1n) is 3.59. The van der Waals surface area contributed by atoms with Gasteiger partial charge in [-0.15, -0.1) is 0 Å². The van der Waals surface area contributed by atoms with Gasteiger partial charge < -0.3 is 10.2 Å². The molecule has 2 N–H and O–H groups in total. The first kappa shape index (κ1) is 11.6. The molecule has 0 bridgehead atoms. The van der Waals surface area contributed by atoms with E-state index in [1.54, 1.807) is 0 Å². The lowest BCUT2D eigenvalue weighted by atomic mass is 10.1. The molecular weight excluding hydrogens is 237 g/mol. The van der Waals surface area contributed by atoms with Crippen molar-refractivity contribution in [3.63, 3.8) is 0 Å². The number of ketones is 1. The van der Waals surface area contributed by atoms with Crippen LogP contribution in [-0.2, 0) is 0 Å². The van der Waals surface area contributed by atoms with Crippen LogP contribution in [0, 0.1) is 11.6 Å². The molecule has 0 aliphatic carbocycles. The Morgan fingerprint density at radius 2 is 1.73 bits per heavy atom. The van der Waals surface area contributed by atoms with Gasteiger partial charge in [-0.25, -0.2) is 8.78 Å². The molecule has 0 amide bonds. The highest BCUT2D eigenvalue weighted by molar-refractivity contribution is 6.34. The molecule has 82 valence electrons. The van der Waals surface area contributed by atoms with E-state index in [4.69, 9.17) is 21.8 Å². The van der Waals surface area contributed by atoms with Gasteiger partial charge in [-0.2, -0.15) is 4.39 Å². The SMILES string of the molecule is O=C(CF)c1c(O)c(Cl)c(O)c(F)c1F. The summed E-state index contributed by atoms with van der Waals surface area (Å²) in [5.74, 6) is -7.63. The van der Waals surface area contributed by atoms with Crippen molar-refractivity contribution in [1.29, 1.82) is 0 Å². The molecule has 7 heteroatoms. The number of benzene rings is 1. The van der Waals surface area contributed by atoms with E-state index in [0.29, 0.717) is 0 Å². The fourth-order valence-corrected chi connectivity index (χ4v) is 1.13. The van der Waals surface area contributed by atoms with Gasteiger partial charge in [0.25, 0.3) is 0 Å². The maximum absolute atomic E-state index is 13.0. The van der Waals surface area contributed by atoms with Crippen molar-refractivity contribution < 1.29 is 28.2 Å². The van der Waals surface area contributed by atoms with E-state index in [2.05, 4.69) is 0 Å². The van der Waals surface area contributed by atoms with Crippen molar-refractivity contribution in [3.8, 4) is 11.5 Å². The third-order valence-corrected chi connectivity index (χ3v) is 2.03. The Morgan fingerprint density at radius 3 is 2.20 bits per heavy atom. The summed E-state index contributed by atoms with van der Waals surface area (Å²) in [6, 6.07) is 0. The summed E-state index contributed by atoms with van der Waals surface area (Å²) in [6.45, 7) is -1.62. The average Bonchev–Trinajstić information content (AvgIpc) is 2.23. The molecule has 15 heavy (non-hydrogen) atoms. The zero-order chi connectivity index (χ0) is 11.7. The van der Waals surface area contributed by atoms with E-state index in [-0.39, 0.29) is 0 Å². The molecule has 0 aromatic heterocycles. The largest absolute Gasteiger partial charge is 0.505 e. The van der Waals surface area contributed by atoms with Crippen LogP contribution in [0.1, 0.15) is 10.4 Å². The Hall–Kier alpha value is -1.43. The summed E-state index contributed by atoms with van der Waals surface area (Å²) in [5, 5.41) is 17.0. The first-order valence-corrected chi connectivity index (χ1v) is 3.97. The van der Waals surface area contributed by atoms with Gasteiger partial charge in [-0.3, -0.25) is 4.79 Å². The number of Topliss-reactive ketones (excluding diaryl/α,β-unsaturated/α-hetero) is 1. The third-order valence-electron chi connectivity index (χ3n) is 1.67. The van der Waals surface area contributed by atoms with Crippen LogP contribution in [0.2, 0.25) is 5.02 Å². The number of halogens is 4. The zero-order valence-corrected chi connectivity index (χ0v) is 7.78. The van der Waals surface area contributed by atoms with Gasteiger partial charge in [0.15, 0.2) is 24.0 Å². The molecule has 0 saturated carbocycles. The fraction of sp³-hybridized carbons (Fsp3) is 0.125. The number of alkyl halides is 1. The summed E-state index contributed by atoms with van der Waals surface area (Å²) in [5.41, 5.74) is -1.21. The third kappa shape index (κ3) is 1.72. The Bertz CT molecular complexity index is 405. The number of hydrogen-bond donors (Lipinski definition) is 2. The molecule has 0 aliphatic rings. The van der Waals surface area contributed by atoms with Crippen LogP contribution in [0.4, 0.5) is 13.2 Å². The topological polar surface area (TPSA) is 57.5 Å². The second-order valence-electron chi connectivity index (χ2n) is 2.57. The molecule has 1 aromatic rings. The van der Waals surface area contributed by atoms with Crippen LogP contribution in [0.3, 0.4) is 0 Å². The number of phenolic OH excluding ortho intramolecular Hbond substituents is 2. The molecule has 1 rings (SSSR count). The molecule has 0 fully saturated rings. The van der Waals surface area contributed by atoms with E-state index in [9.17, 15) is 18.0 Å². The van der Waals surface area contributed by atoms with Crippen LogP contribution in [0.5, 0.6) is 11.5 Å². The predicted molar refractivity (Wildman–Crippen MR) is 45.0 cm³/mol. The fourth-order valence-electron chi connectivity index (χ4n) is 0.957. The molecule has 0 unspecified atom stereocenters. The molecule has 0 aliphatic heterocycles. The lowest BCUT2D eigenvalue weighted by molar-refractivity contribution is 0.0950. The van der Waals surface area contributed by atoms with Crippen molar-refractivity contribution in [2.45, 2.75) is 0 Å². The molecule has 0 heterocycles.